The van der Waals surface area contributed by atoms with E-state index in [2.05, 4.69) is 29.4 Å². The number of hydrogen-bond donors (Lipinski definition) is 2. The van der Waals surface area contributed by atoms with E-state index in [9.17, 15) is 9.18 Å². The second kappa shape index (κ2) is 8.84. The van der Waals surface area contributed by atoms with Crippen LogP contribution in [0.4, 0.5) is 4.39 Å². The number of nitrogen functional groups attached to an aromatic ring is 1. The molecule has 0 fully saturated rings. The lowest BCUT2D eigenvalue weighted by Crippen LogP contribution is -2.34. The molecule has 8 heteroatoms. The van der Waals surface area contributed by atoms with Crippen molar-refractivity contribution in [1.82, 2.24) is 20.2 Å². The molecule has 0 aliphatic rings. The van der Waals surface area contributed by atoms with Crippen LogP contribution in [0.15, 0.2) is 29.4 Å². The Hall–Kier alpha value is -2.09. The molecule has 0 saturated carbocycles. The molecule has 136 valence electrons. The van der Waals surface area contributed by atoms with Crippen LogP contribution in [0.2, 0.25) is 0 Å². The average molecular weight is 365 g/mol. The Labute approximate surface area is 151 Å². The predicted molar refractivity (Wildman–Crippen MR) is 98.0 cm³/mol. The largest absolute Gasteiger partial charge is 0.353 e. The number of aromatic nitrogens is 3. The van der Waals surface area contributed by atoms with Gasteiger partial charge >= 0.3 is 0 Å². The molecule has 3 N–H and O–H groups in total. The van der Waals surface area contributed by atoms with Crippen LogP contribution in [-0.4, -0.2) is 32.6 Å². The summed E-state index contributed by atoms with van der Waals surface area (Å²) in [6, 6.07) is 6.34. The lowest BCUT2D eigenvalue weighted by atomic mass is 10.0. The monoisotopic (exact) mass is 365 g/mol. The van der Waals surface area contributed by atoms with E-state index in [4.69, 9.17) is 5.84 Å². The van der Waals surface area contributed by atoms with E-state index in [1.54, 1.807) is 18.2 Å². The first-order chi connectivity index (χ1) is 11.9. The number of thioether (sulfide) groups is 1. The summed E-state index contributed by atoms with van der Waals surface area (Å²) >= 11 is 1.17. The van der Waals surface area contributed by atoms with Gasteiger partial charge in [0.25, 0.3) is 0 Å². The number of benzene rings is 1. The van der Waals surface area contributed by atoms with Crippen LogP contribution in [0.1, 0.15) is 33.6 Å². The Morgan fingerprint density at radius 3 is 2.68 bits per heavy atom. The molecule has 0 saturated heterocycles. The second-order valence-corrected chi connectivity index (χ2v) is 7.33. The molecule has 1 aromatic heterocycles. The molecular weight excluding hydrogens is 341 g/mol. The summed E-state index contributed by atoms with van der Waals surface area (Å²) in [5.74, 6) is 6.46. The van der Waals surface area contributed by atoms with Crippen LogP contribution in [0, 0.1) is 11.7 Å². The Morgan fingerprint density at radius 1 is 1.28 bits per heavy atom. The smallest absolute Gasteiger partial charge is 0.230 e. The third-order valence-corrected chi connectivity index (χ3v) is 4.64. The van der Waals surface area contributed by atoms with Crippen molar-refractivity contribution in [2.75, 3.05) is 11.6 Å². The summed E-state index contributed by atoms with van der Waals surface area (Å²) in [6.45, 7) is 6.31. The fourth-order valence-electron chi connectivity index (χ4n) is 2.30. The predicted octanol–water partition coefficient (Wildman–Crippen LogP) is 2.83. The number of halogens is 1. The maximum absolute atomic E-state index is 13.8. The number of nitrogens with zero attached hydrogens (tertiary/aromatic N) is 3. The molecule has 0 aliphatic heterocycles. The fourth-order valence-corrected chi connectivity index (χ4v) is 2.97. The van der Waals surface area contributed by atoms with Gasteiger partial charge in [0.2, 0.25) is 11.1 Å². The van der Waals surface area contributed by atoms with Gasteiger partial charge in [-0.15, -0.1) is 10.2 Å². The van der Waals surface area contributed by atoms with Gasteiger partial charge in [0.1, 0.15) is 5.82 Å². The lowest BCUT2D eigenvalue weighted by Gasteiger charge is -2.14. The molecule has 0 spiro atoms. The summed E-state index contributed by atoms with van der Waals surface area (Å²) in [4.78, 5) is 12.0. The molecule has 2 aromatic rings. The van der Waals surface area contributed by atoms with Crippen LogP contribution in [-0.2, 0) is 4.79 Å². The third-order valence-electron chi connectivity index (χ3n) is 3.70. The zero-order valence-corrected chi connectivity index (χ0v) is 15.5. The van der Waals surface area contributed by atoms with Crippen LogP contribution in [0.3, 0.4) is 0 Å². The molecule has 0 aliphatic carbocycles. The summed E-state index contributed by atoms with van der Waals surface area (Å²) in [5, 5.41) is 11.2. The molecule has 0 radical (unpaired) electrons. The molecule has 1 heterocycles. The first-order valence-electron chi connectivity index (χ1n) is 8.26. The first kappa shape index (κ1) is 19.2. The maximum Gasteiger partial charge on any atom is 0.230 e. The van der Waals surface area contributed by atoms with Gasteiger partial charge in [0.15, 0.2) is 5.82 Å². The molecule has 1 amide bonds. The minimum atomic E-state index is -0.421. The molecule has 0 unspecified atom stereocenters. The van der Waals surface area contributed by atoms with Crippen molar-refractivity contribution in [3.05, 3.63) is 30.1 Å². The zero-order chi connectivity index (χ0) is 18.4. The van der Waals surface area contributed by atoms with Crippen molar-refractivity contribution in [2.45, 2.75) is 44.8 Å². The van der Waals surface area contributed by atoms with Crippen molar-refractivity contribution in [3.63, 3.8) is 0 Å². The SMILES string of the molecule is CC(C)CC[C@H](C)NC(=O)CSc1nnc(-c2ccccc2F)n1N. The van der Waals surface area contributed by atoms with Crippen molar-refractivity contribution in [3.8, 4) is 11.4 Å². The van der Waals surface area contributed by atoms with E-state index >= 15 is 0 Å². The van der Waals surface area contributed by atoms with Gasteiger partial charge in [-0.05, 0) is 37.8 Å². The van der Waals surface area contributed by atoms with Crippen LogP contribution < -0.4 is 11.2 Å². The highest BCUT2D eigenvalue weighted by Crippen LogP contribution is 2.23. The molecule has 25 heavy (non-hydrogen) atoms. The summed E-state index contributed by atoms with van der Waals surface area (Å²) in [6.07, 6.45) is 2.01. The number of amides is 1. The topological polar surface area (TPSA) is 85.8 Å². The molecule has 1 atom stereocenters. The highest BCUT2D eigenvalue weighted by Gasteiger charge is 2.16. The molecular formula is C17H24FN5OS. The van der Waals surface area contributed by atoms with Crippen LogP contribution in [0.5, 0.6) is 0 Å². The minimum absolute atomic E-state index is 0.0864. The van der Waals surface area contributed by atoms with Gasteiger partial charge < -0.3 is 11.2 Å². The summed E-state index contributed by atoms with van der Waals surface area (Å²) in [5.41, 5.74) is 0.274. The van der Waals surface area contributed by atoms with Crippen molar-refractivity contribution >= 4 is 17.7 Å². The van der Waals surface area contributed by atoms with Gasteiger partial charge in [0.05, 0.1) is 11.3 Å². The van der Waals surface area contributed by atoms with Crippen molar-refractivity contribution in [1.29, 1.82) is 0 Å². The lowest BCUT2D eigenvalue weighted by molar-refractivity contribution is -0.119. The number of rotatable bonds is 8. The molecule has 2 rings (SSSR count). The van der Waals surface area contributed by atoms with E-state index in [0.29, 0.717) is 11.1 Å². The van der Waals surface area contributed by atoms with Gasteiger partial charge in [-0.2, -0.15) is 0 Å². The van der Waals surface area contributed by atoms with E-state index < -0.39 is 5.82 Å². The Kier molecular flexibility index (Phi) is 6.81. The minimum Gasteiger partial charge on any atom is -0.353 e. The quantitative estimate of drug-likeness (QED) is 0.555. The summed E-state index contributed by atoms with van der Waals surface area (Å²) < 4.78 is 15.1. The Balaban J connectivity index is 1.92. The average Bonchev–Trinajstić information content (AvgIpc) is 2.92. The Morgan fingerprint density at radius 2 is 2.00 bits per heavy atom. The standard InChI is InChI=1S/C17H24FN5OS/c1-11(2)8-9-12(3)20-15(24)10-25-17-22-21-16(23(17)19)13-6-4-5-7-14(13)18/h4-7,11-12H,8-10,19H2,1-3H3,(H,20,24)/t12-/m0/s1. The van der Waals surface area contributed by atoms with Gasteiger partial charge in [-0.25, -0.2) is 9.07 Å². The number of nitrogens with two attached hydrogens (primary N) is 1. The van der Waals surface area contributed by atoms with Crippen LogP contribution in [0.25, 0.3) is 11.4 Å². The van der Waals surface area contributed by atoms with Gasteiger partial charge in [-0.1, -0.05) is 37.7 Å². The van der Waals surface area contributed by atoms with Crippen molar-refractivity contribution < 1.29 is 9.18 Å². The third kappa shape index (κ3) is 5.45. The van der Waals surface area contributed by atoms with Gasteiger partial charge in [0, 0.05) is 6.04 Å². The molecule has 1 aromatic carbocycles. The normalized spacial score (nSPS) is 12.4. The zero-order valence-electron chi connectivity index (χ0n) is 14.7. The number of nitrogens with one attached hydrogen (secondary N) is 1. The van der Waals surface area contributed by atoms with E-state index in [-0.39, 0.29) is 29.1 Å². The van der Waals surface area contributed by atoms with Crippen molar-refractivity contribution in [2.24, 2.45) is 5.92 Å². The Bertz CT molecular complexity index is 719. The maximum atomic E-state index is 13.8. The summed E-state index contributed by atoms with van der Waals surface area (Å²) in [7, 11) is 0. The van der Waals surface area contributed by atoms with Gasteiger partial charge in [-0.3, -0.25) is 4.79 Å². The highest BCUT2D eigenvalue weighted by atomic mass is 32.2. The number of carbonyl (C=O) groups excluding carboxylic acids is 1. The van der Waals surface area contributed by atoms with E-state index in [1.807, 2.05) is 6.92 Å². The molecule has 0 bridgehead atoms. The molecule has 6 nitrogen and oxygen atoms in total. The number of carbonyl (C=O) groups is 1. The highest BCUT2D eigenvalue weighted by molar-refractivity contribution is 7.99. The second-order valence-electron chi connectivity index (χ2n) is 6.38. The van der Waals surface area contributed by atoms with E-state index in [1.165, 1.54) is 22.5 Å². The van der Waals surface area contributed by atoms with Crippen LogP contribution >= 0.6 is 11.8 Å². The fraction of sp³-hybridized carbons (Fsp3) is 0.471. The first-order valence-corrected chi connectivity index (χ1v) is 9.24. The van der Waals surface area contributed by atoms with E-state index in [0.717, 1.165) is 12.8 Å². The number of hydrogen-bond acceptors (Lipinski definition) is 5.